The van der Waals surface area contributed by atoms with Crippen LogP contribution in [-0.2, 0) is 24.9 Å². The molecule has 3 heterocycles. The number of aromatic nitrogens is 5. The van der Waals surface area contributed by atoms with Gasteiger partial charge in [0.2, 0.25) is 11.0 Å². The number of anilines is 1. The maximum absolute atomic E-state index is 12.3. The van der Waals surface area contributed by atoms with E-state index in [0.717, 1.165) is 49.6 Å². The number of aliphatic hydroxyl groups excluding tert-OH is 1. The van der Waals surface area contributed by atoms with Crippen LogP contribution in [-0.4, -0.2) is 60.5 Å². The molecule has 10 heteroatoms. The molecule has 3 rings (SSSR count). The number of hydrogen-bond donors (Lipinski definition) is 2. The van der Waals surface area contributed by atoms with Gasteiger partial charge in [-0.05, 0) is 25.8 Å². The highest BCUT2D eigenvalue weighted by Gasteiger charge is 2.27. The minimum atomic E-state index is -0.121. The Balaban J connectivity index is 1.55. The van der Waals surface area contributed by atoms with E-state index in [9.17, 15) is 9.90 Å². The molecule has 1 aliphatic rings. The second kappa shape index (κ2) is 8.65. The van der Waals surface area contributed by atoms with Crippen molar-refractivity contribution in [3.05, 3.63) is 16.7 Å². The molecule has 0 radical (unpaired) electrons. The molecule has 1 amide bonds. The number of amides is 1. The number of nitrogens with zero attached hydrogens (tertiary/aromatic N) is 6. The quantitative estimate of drug-likeness (QED) is 0.736. The molecule has 142 valence electrons. The minimum Gasteiger partial charge on any atom is -0.388 e. The summed E-state index contributed by atoms with van der Waals surface area (Å²) in [5.41, 5.74) is 0. The normalized spacial score (nSPS) is 18.2. The summed E-state index contributed by atoms with van der Waals surface area (Å²) in [5, 5.41) is 30.0. The first-order valence-electron chi connectivity index (χ1n) is 8.94. The van der Waals surface area contributed by atoms with Crippen LogP contribution in [0.15, 0.2) is 0 Å². The predicted octanol–water partition coefficient (Wildman–Crippen LogP) is 0.929. The fourth-order valence-electron chi connectivity index (χ4n) is 3.26. The van der Waals surface area contributed by atoms with Crippen LogP contribution < -0.4 is 5.32 Å². The monoisotopic (exact) mass is 379 g/mol. The lowest BCUT2D eigenvalue weighted by Crippen LogP contribution is -2.40. The van der Waals surface area contributed by atoms with Gasteiger partial charge in [-0.25, -0.2) is 0 Å². The molecule has 0 unspecified atom stereocenters. The fraction of sp³-hybridized carbons (Fsp3) is 0.688. The van der Waals surface area contributed by atoms with Gasteiger partial charge in [-0.3, -0.25) is 15.0 Å². The second-order valence-corrected chi connectivity index (χ2v) is 7.63. The first kappa shape index (κ1) is 18.9. The minimum absolute atomic E-state index is 0.0705. The number of rotatable bonds is 7. The lowest BCUT2D eigenvalue weighted by Gasteiger charge is -2.31. The Hall–Kier alpha value is -1.91. The molecule has 2 N–H and O–H groups in total. The molecule has 0 spiro atoms. The van der Waals surface area contributed by atoms with Crippen molar-refractivity contribution in [2.75, 3.05) is 25.0 Å². The van der Waals surface area contributed by atoms with Gasteiger partial charge in [-0.1, -0.05) is 18.3 Å². The molecule has 0 saturated carbocycles. The molecule has 26 heavy (non-hydrogen) atoms. The average Bonchev–Trinajstić information content (AvgIpc) is 3.21. The van der Waals surface area contributed by atoms with E-state index in [2.05, 4.69) is 37.5 Å². The number of hydrogen-bond acceptors (Lipinski definition) is 8. The van der Waals surface area contributed by atoms with Crippen molar-refractivity contribution < 1.29 is 9.90 Å². The van der Waals surface area contributed by atoms with Crippen molar-refractivity contribution in [1.29, 1.82) is 0 Å². The third kappa shape index (κ3) is 4.43. The molecule has 9 nitrogen and oxygen atoms in total. The SMILES string of the molecule is CCCc1nnc(NC(=O)CN2CCC[C@@H](c3nnc(CO)n3C)C2)s1. The number of piperidine rings is 1. The van der Waals surface area contributed by atoms with E-state index in [-0.39, 0.29) is 18.4 Å². The average molecular weight is 379 g/mol. The number of aliphatic hydroxyl groups is 1. The van der Waals surface area contributed by atoms with Gasteiger partial charge in [-0.2, -0.15) is 0 Å². The van der Waals surface area contributed by atoms with Crippen LogP contribution in [0, 0.1) is 0 Å². The van der Waals surface area contributed by atoms with Gasteiger partial charge < -0.3 is 9.67 Å². The van der Waals surface area contributed by atoms with Gasteiger partial charge in [-0.15, -0.1) is 20.4 Å². The lowest BCUT2D eigenvalue weighted by molar-refractivity contribution is -0.117. The van der Waals surface area contributed by atoms with Crippen molar-refractivity contribution in [2.45, 2.75) is 45.1 Å². The first-order chi connectivity index (χ1) is 12.6. The maximum Gasteiger partial charge on any atom is 0.240 e. The zero-order chi connectivity index (χ0) is 18.5. The van der Waals surface area contributed by atoms with Crippen molar-refractivity contribution in [2.24, 2.45) is 7.05 Å². The zero-order valence-electron chi connectivity index (χ0n) is 15.2. The Labute approximate surface area is 156 Å². The summed E-state index contributed by atoms with van der Waals surface area (Å²) in [4.78, 5) is 14.5. The lowest BCUT2D eigenvalue weighted by atomic mass is 9.97. The molecular formula is C16H25N7O2S. The second-order valence-electron chi connectivity index (χ2n) is 6.56. The number of nitrogens with one attached hydrogen (secondary N) is 1. The Kier molecular flexibility index (Phi) is 6.28. The van der Waals surface area contributed by atoms with Crippen LogP contribution >= 0.6 is 11.3 Å². The van der Waals surface area contributed by atoms with Gasteiger partial charge in [0.1, 0.15) is 17.4 Å². The Morgan fingerprint density at radius 1 is 1.35 bits per heavy atom. The molecule has 0 aromatic carbocycles. The molecule has 1 atom stereocenters. The smallest absolute Gasteiger partial charge is 0.240 e. The molecule has 0 aliphatic carbocycles. The van der Waals surface area contributed by atoms with E-state index in [1.165, 1.54) is 11.3 Å². The third-order valence-electron chi connectivity index (χ3n) is 4.56. The topological polar surface area (TPSA) is 109 Å². The van der Waals surface area contributed by atoms with Gasteiger partial charge in [0.15, 0.2) is 5.82 Å². The van der Waals surface area contributed by atoms with E-state index in [0.29, 0.717) is 17.5 Å². The Bertz CT molecular complexity index is 745. The van der Waals surface area contributed by atoms with Crippen LogP contribution in [0.4, 0.5) is 5.13 Å². The summed E-state index contributed by atoms with van der Waals surface area (Å²) >= 11 is 1.43. The first-order valence-corrected chi connectivity index (χ1v) is 9.76. The van der Waals surface area contributed by atoms with E-state index >= 15 is 0 Å². The molecule has 1 aliphatic heterocycles. The summed E-state index contributed by atoms with van der Waals surface area (Å²) in [6.45, 7) is 3.93. The number of carbonyl (C=O) groups is 1. The van der Waals surface area contributed by atoms with E-state index in [1.807, 2.05) is 11.6 Å². The van der Waals surface area contributed by atoms with Gasteiger partial charge in [0, 0.05) is 25.9 Å². The fourth-order valence-corrected chi connectivity index (χ4v) is 4.12. The molecule has 1 fully saturated rings. The van der Waals surface area contributed by atoms with Crippen molar-refractivity contribution >= 4 is 22.4 Å². The third-order valence-corrected chi connectivity index (χ3v) is 5.45. The predicted molar refractivity (Wildman–Crippen MR) is 97.9 cm³/mol. The Morgan fingerprint density at radius 2 is 2.19 bits per heavy atom. The molecular weight excluding hydrogens is 354 g/mol. The summed E-state index contributed by atoms with van der Waals surface area (Å²) in [5.74, 6) is 1.58. The molecule has 2 aromatic heterocycles. The van der Waals surface area contributed by atoms with Gasteiger partial charge in [0.25, 0.3) is 0 Å². The van der Waals surface area contributed by atoms with E-state index in [4.69, 9.17) is 0 Å². The number of likely N-dealkylation sites (tertiary alicyclic amines) is 1. The summed E-state index contributed by atoms with van der Waals surface area (Å²) < 4.78 is 1.85. The molecule has 1 saturated heterocycles. The number of aryl methyl sites for hydroxylation is 1. The van der Waals surface area contributed by atoms with Crippen LogP contribution in [0.1, 0.15) is 48.8 Å². The Morgan fingerprint density at radius 3 is 2.92 bits per heavy atom. The summed E-state index contributed by atoms with van der Waals surface area (Å²) in [7, 11) is 1.87. The zero-order valence-corrected chi connectivity index (χ0v) is 16.0. The van der Waals surface area contributed by atoms with Gasteiger partial charge >= 0.3 is 0 Å². The largest absolute Gasteiger partial charge is 0.388 e. The van der Waals surface area contributed by atoms with Crippen molar-refractivity contribution in [3.8, 4) is 0 Å². The molecule has 2 aromatic rings. The van der Waals surface area contributed by atoms with E-state index in [1.54, 1.807) is 0 Å². The highest BCUT2D eigenvalue weighted by Crippen LogP contribution is 2.25. The van der Waals surface area contributed by atoms with Crippen LogP contribution in [0.2, 0.25) is 0 Å². The van der Waals surface area contributed by atoms with Crippen LogP contribution in [0.5, 0.6) is 0 Å². The van der Waals surface area contributed by atoms with Gasteiger partial charge in [0.05, 0.1) is 6.54 Å². The summed E-state index contributed by atoms with van der Waals surface area (Å²) in [6.07, 6.45) is 3.90. The standard InChI is InChI=1S/C16H25N7O2S/c1-3-5-14-19-21-16(26-14)17-13(25)9-23-7-4-6-11(8-23)15-20-18-12(10-24)22(15)2/h11,24H,3-10H2,1-2H3,(H,17,21,25)/t11-/m1/s1. The van der Waals surface area contributed by atoms with Crippen molar-refractivity contribution in [3.63, 3.8) is 0 Å². The highest BCUT2D eigenvalue weighted by molar-refractivity contribution is 7.15. The van der Waals surface area contributed by atoms with Crippen LogP contribution in [0.3, 0.4) is 0 Å². The molecule has 0 bridgehead atoms. The maximum atomic E-state index is 12.3. The van der Waals surface area contributed by atoms with Crippen molar-refractivity contribution in [1.82, 2.24) is 29.9 Å². The number of carbonyl (C=O) groups excluding carboxylic acids is 1. The van der Waals surface area contributed by atoms with E-state index < -0.39 is 0 Å². The highest BCUT2D eigenvalue weighted by atomic mass is 32.1. The summed E-state index contributed by atoms with van der Waals surface area (Å²) in [6, 6.07) is 0. The van der Waals surface area contributed by atoms with Crippen LogP contribution in [0.25, 0.3) is 0 Å².